The number of fused-ring (bicyclic) bond motifs is 1. The molecule has 0 unspecified atom stereocenters. The van der Waals surface area contributed by atoms with Crippen LogP contribution >= 0.6 is 11.3 Å². The van der Waals surface area contributed by atoms with Crippen LogP contribution in [0.5, 0.6) is 0 Å². The maximum absolute atomic E-state index is 13.1. The van der Waals surface area contributed by atoms with Crippen molar-refractivity contribution in [2.24, 2.45) is 0 Å². The highest BCUT2D eigenvalue weighted by Gasteiger charge is 2.35. The smallest absolute Gasteiger partial charge is 0.416 e. The lowest BCUT2D eigenvalue weighted by Gasteiger charge is -2.10. The molecule has 0 radical (unpaired) electrons. The summed E-state index contributed by atoms with van der Waals surface area (Å²) >= 11 is 1.41. The van der Waals surface area contributed by atoms with E-state index >= 15 is 0 Å². The molecule has 2 aromatic heterocycles. The van der Waals surface area contributed by atoms with E-state index in [1.54, 1.807) is 24.5 Å². The fourth-order valence-electron chi connectivity index (χ4n) is 2.71. The zero-order valence-electron chi connectivity index (χ0n) is 11.7. The fraction of sp³-hybridized carbons (Fsp3) is 0.118. The normalized spacial score (nSPS) is 14.0. The molecule has 1 aliphatic rings. The number of thiazole rings is 1. The van der Waals surface area contributed by atoms with Gasteiger partial charge in [0.1, 0.15) is 0 Å². The molecular weight excluding hydrogens is 323 g/mol. The summed E-state index contributed by atoms with van der Waals surface area (Å²) in [6.07, 6.45) is -0.727. The van der Waals surface area contributed by atoms with Crippen molar-refractivity contribution in [3.8, 4) is 10.8 Å². The monoisotopic (exact) mass is 333 g/mol. The summed E-state index contributed by atoms with van der Waals surface area (Å²) in [5.41, 5.74) is 1.84. The van der Waals surface area contributed by atoms with Gasteiger partial charge in [0.15, 0.2) is 10.8 Å². The van der Waals surface area contributed by atoms with E-state index in [-0.39, 0.29) is 5.56 Å². The van der Waals surface area contributed by atoms with Crippen LogP contribution in [-0.2, 0) is 12.6 Å². The van der Waals surface area contributed by atoms with Crippen molar-refractivity contribution in [1.29, 1.82) is 0 Å². The molecule has 0 aliphatic heterocycles. The summed E-state index contributed by atoms with van der Waals surface area (Å²) in [5, 5.41) is 2.57. The Kier molecular flexibility index (Phi) is 3.16. The van der Waals surface area contributed by atoms with Gasteiger partial charge in [0.25, 0.3) is 0 Å². The van der Waals surface area contributed by atoms with Gasteiger partial charge in [0.05, 0.1) is 17.5 Å². The van der Waals surface area contributed by atoms with Gasteiger partial charge in [-0.1, -0.05) is 12.1 Å². The molecule has 23 heavy (non-hydrogen) atoms. The Labute approximate surface area is 133 Å². The van der Waals surface area contributed by atoms with E-state index in [0.29, 0.717) is 23.4 Å². The first kappa shape index (κ1) is 14.3. The first-order valence-electron chi connectivity index (χ1n) is 6.92. The fourth-order valence-corrected chi connectivity index (χ4v) is 3.53. The van der Waals surface area contributed by atoms with E-state index in [1.165, 1.54) is 17.4 Å². The van der Waals surface area contributed by atoms with Gasteiger partial charge in [-0.15, -0.1) is 11.3 Å². The molecular formula is C17H10F3NOS. The largest absolute Gasteiger partial charge is 0.462 e. The zero-order chi connectivity index (χ0) is 16.0. The number of furan rings is 1. The lowest BCUT2D eigenvalue weighted by Crippen LogP contribution is -2.07. The van der Waals surface area contributed by atoms with Gasteiger partial charge in [-0.3, -0.25) is 0 Å². The van der Waals surface area contributed by atoms with Gasteiger partial charge >= 0.3 is 6.18 Å². The van der Waals surface area contributed by atoms with Crippen molar-refractivity contribution in [2.75, 3.05) is 0 Å². The molecule has 1 aliphatic carbocycles. The summed E-state index contributed by atoms with van der Waals surface area (Å²) in [5.74, 6) is 0.661. The van der Waals surface area contributed by atoms with Crippen molar-refractivity contribution in [1.82, 2.24) is 4.98 Å². The molecule has 116 valence electrons. The second-order valence-electron chi connectivity index (χ2n) is 5.24. The molecule has 6 heteroatoms. The number of hydrogen-bond donors (Lipinski definition) is 0. The molecule has 2 nitrogen and oxygen atoms in total. The van der Waals surface area contributed by atoms with Crippen LogP contribution in [0.15, 0.2) is 46.4 Å². The number of hydrogen-bond acceptors (Lipinski definition) is 3. The second kappa shape index (κ2) is 5.09. The highest BCUT2D eigenvalue weighted by Crippen LogP contribution is 2.40. The number of aromatic nitrogens is 1. The van der Waals surface area contributed by atoms with Crippen molar-refractivity contribution < 1.29 is 17.6 Å². The van der Waals surface area contributed by atoms with E-state index in [9.17, 15) is 13.2 Å². The summed E-state index contributed by atoms with van der Waals surface area (Å²) < 4.78 is 44.6. The zero-order valence-corrected chi connectivity index (χ0v) is 12.5. The van der Waals surface area contributed by atoms with Gasteiger partial charge in [-0.25, -0.2) is 4.98 Å². The first-order chi connectivity index (χ1) is 11.0. The van der Waals surface area contributed by atoms with Crippen LogP contribution in [0, 0.1) is 0 Å². The van der Waals surface area contributed by atoms with Crippen molar-refractivity contribution in [3.63, 3.8) is 0 Å². The molecule has 0 saturated carbocycles. The van der Waals surface area contributed by atoms with Crippen molar-refractivity contribution >= 4 is 23.0 Å². The van der Waals surface area contributed by atoms with Crippen molar-refractivity contribution in [3.05, 3.63) is 64.4 Å². The average Bonchev–Trinajstić information content (AvgIpc) is 3.23. The van der Waals surface area contributed by atoms with Crippen molar-refractivity contribution in [2.45, 2.75) is 12.6 Å². The summed E-state index contributed by atoms with van der Waals surface area (Å²) in [7, 11) is 0. The third kappa shape index (κ3) is 2.49. The second-order valence-corrected chi connectivity index (χ2v) is 6.10. The number of rotatable bonds is 2. The highest BCUT2D eigenvalue weighted by molar-refractivity contribution is 7.13. The number of benzene rings is 1. The number of allylic oxidation sites excluding steroid dienone is 1. The highest BCUT2D eigenvalue weighted by atomic mass is 32.1. The summed E-state index contributed by atoms with van der Waals surface area (Å²) in [6.45, 7) is 0. The maximum atomic E-state index is 13.1. The molecule has 0 spiro atoms. The molecule has 0 bridgehead atoms. The minimum atomic E-state index is -4.35. The maximum Gasteiger partial charge on any atom is 0.416 e. The van der Waals surface area contributed by atoms with Gasteiger partial charge < -0.3 is 4.42 Å². The van der Waals surface area contributed by atoms with Crippen LogP contribution in [0.1, 0.15) is 22.4 Å². The Hall–Kier alpha value is -2.34. The third-order valence-electron chi connectivity index (χ3n) is 3.77. The van der Waals surface area contributed by atoms with Gasteiger partial charge in [0, 0.05) is 11.8 Å². The Bertz CT molecular complexity index is 891. The minimum absolute atomic E-state index is 0.252. The number of alkyl halides is 3. The SMILES string of the molecule is FC(F)(F)c1cccc2c1C=C(c1csc(-c3ccco3)n1)C2. The molecule has 2 heterocycles. The van der Waals surface area contributed by atoms with Crippen LogP contribution in [0.25, 0.3) is 22.4 Å². The predicted molar refractivity (Wildman–Crippen MR) is 82.8 cm³/mol. The van der Waals surface area contributed by atoms with Crippen LogP contribution < -0.4 is 0 Å². The van der Waals surface area contributed by atoms with Crippen LogP contribution in [-0.4, -0.2) is 4.98 Å². The predicted octanol–water partition coefficient (Wildman–Crippen LogP) is 5.52. The third-order valence-corrected chi connectivity index (χ3v) is 4.62. The molecule has 0 atom stereocenters. The van der Waals surface area contributed by atoms with E-state index in [2.05, 4.69) is 4.98 Å². The Morgan fingerprint density at radius 1 is 1.13 bits per heavy atom. The number of halogens is 3. The van der Waals surface area contributed by atoms with Crippen LogP contribution in [0.3, 0.4) is 0 Å². The molecule has 0 amide bonds. The Balaban J connectivity index is 1.72. The lowest BCUT2D eigenvalue weighted by molar-refractivity contribution is -0.137. The first-order valence-corrected chi connectivity index (χ1v) is 7.80. The molecule has 4 rings (SSSR count). The molecule has 3 aromatic rings. The van der Waals surface area contributed by atoms with Gasteiger partial charge in [-0.2, -0.15) is 13.2 Å². The Morgan fingerprint density at radius 3 is 2.74 bits per heavy atom. The topological polar surface area (TPSA) is 26.0 Å². The standard InChI is InChI=1S/C17H10F3NOS/c18-17(19,20)13-4-1-3-10-7-11(8-12(10)13)14-9-23-16(21-14)15-5-2-6-22-15/h1-6,8-9H,7H2. The summed E-state index contributed by atoms with van der Waals surface area (Å²) in [4.78, 5) is 4.48. The average molecular weight is 333 g/mol. The Morgan fingerprint density at radius 2 is 2.00 bits per heavy atom. The van der Waals surface area contributed by atoms with Gasteiger partial charge in [-0.05, 0) is 41.0 Å². The van der Waals surface area contributed by atoms with Crippen LogP contribution in [0.4, 0.5) is 13.2 Å². The molecule has 1 aromatic carbocycles. The molecule has 0 saturated heterocycles. The van der Waals surface area contributed by atoms with E-state index in [4.69, 9.17) is 4.42 Å². The molecule has 0 fully saturated rings. The molecule has 0 N–H and O–H groups in total. The lowest BCUT2D eigenvalue weighted by atomic mass is 10.0. The summed E-state index contributed by atoms with van der Waals surface area (Å²) in [6, 6.07) is 7.88. The van der Waals surface area contributed by atoms with E-state index < -0.39 is 11.7 Å². The van der Waals surface area contributed by atoms with E-state index in [0.717, 1.165) is 16.6 Å². The van der Waals surface area contributed by atoms with Crippen LogP contribution in [0.2, 0.25) is 0 Å². The van der Waals surface area contributed by atoms with E-state index in [1.807, 2.05) is 11.4 Å². The number of nitrogens with zero attached hydrogens (tertiary/aromatic N) is 1. The van der Waals surface area contributed by atoms with Gasteiger partial charge in [0.2, 0.25) is 0 Å². The quantitative estimate of drug-likeness (QED) is 0.617. The minimum Gasteiger partial charge on any atom is -0.462 e.